The van der Waals surface area contributed by atoms with Gasteiger partial charge in [-0.25, -0.2) is 0 Å². The van der Waals surface area contributed by atoms with Crippen molar-refractivity contribution >= 4 is 5.69 Å². The minimum absolute atomic E-state index is 0.154. The number of nitrogens with one attached hydrogen (secondary N) is 2. The summed E-state index contributed by atoms with van der Waals surface area (Å²) in [4.78, 5) is 0. The van der Waals surface area contributed by atoms with E-state index < -0.39 is 0 Å². The molecule has 0 aromatic heterocycles. The standard InChI is InChI=1S/C12H18N2O/c1-2-13-8-12(15)11-7-9-5-3-4-6-10(9)14-11/h3-6,11-15H,2,7-8H2,1H3. The molecule has 2 atom stereocenters. The number of aliphatic hydroxyl groups excluding tert-OH is 1. The summed E-state index contributed by atoms with van der Waals surface area (Å²) in [5, 5.41) is 16.4. The van der Waals surface area contributed by atoms with E-state index in [-0.39, 0.29) is 12.1 Å². The molecule has 3 nitrogen and oxygen atoms in total. The number of hydrogen-bond donors (Lipinski definition) is 3. The molecule has 0 radical (unpaired) electrons. The van der Waals surface area contributed by atoms with Crippen LogP contribution in [-0.2, 0) is 6.42 Å². The van der Waals surface area contributed by atoms with Crippen LogP contribution in [0.25, 0.3) is 0 Å². The summed E-state index contributed by atoms with van der Waals surface area (Å²) < 4.78 is 0. The molecule has 1 aliphatic rings. The summed E-state index contributed by atoms with van der Waals surface area (Å²) >= 11 is 0. The molecule has 0 fully saturated rings. The normalized spacial score (nSPS) is 20.8. The molecular formula is C12H18N2O. The lowest BCUT2D eigenvalue weighted by Crippen LogP contribution is -2.39. The summed E-state index contributed by atoms with van der Waals surface area (Å²) in [6.45, 7) is 3.60. The van der Waals surface area contributed by atoms with Gasteiger partial charge in [-0.3, -0.25) is 0 Å². The molecular weight excluding hydrogens is 188 g/mol. The lowest BCUT2D eigenvalue weighted by Gasteiger charge is -2.18. The third-order valence-corrected chi connectivity index (χ3v) is 2.87. The number of benzene rings is 1. The number of fused-ring (bicyclic) bond motifs is 1. The molecule has 2 rings (SSSR count). The van der Waals surface area contributed by atoms with Crippen molar-refractivity contribution in [2.45, 2.75) is 25.5 Å². The van der Waals surface area contributed by atoms with Crippen LogP contribution in [0.3, 0.4) is 0 Å². The number of para-hydroxylation sites is 1. The first-order valence-corrected chi connectivity index (χ1v) is 5.54. The Hall–Kier alpha value is -1.06. The molecule has 3 N–H and O–H groups in total. The zero-order valence-corrected chi connectivity index (χ0v) is 9.03. The Morgan fingerprint density at radius 3 is 3.07 bits per heavy atom. The topological polar surface area (TPSA) is 44.3 Å². The molecule has 3 heteroatoms. The van der Waals surface area contributed by atoms with E-state index in [0.29, 0.717) is 6.54 Å². The van der Waals surface area contributed by atoms with Gasteiger partial charge < -0.3 is 15.7 Å². The van der Waals surface area contributed by atoms with Crippen LogP contribution in [0, 0.1) is 0 Å². The van der Waals surface area contributed by atoms with Gasteiger partial charge in [-0.2, -0.15) is 0 Å². The SMILES string of the molecule is CCNCC(O)C1Cc2ccccc2N1. The average Bonchev–Trinajstić information content (AvgIpc) is 2.69. The van der Waals surface area contributed by atoms with Gasteiger partial charge in [0.2, 0.25) is 0 Å². The zero-order valence-electron chi connectivity index (χ0n) is 9.03. The minimum atomic E-state index is -0.322. The highest BCUT2D eigenvalue weighted by Gasteiger charge is 2.25. The molecule has 1 heterocycles. The first kappa shape index (κ1) is 10.5. The fourth-order valence-electron chi connectivity index (χ4n) is 1.99. The average molecular weight is 206 g/mol. The van der Waals surface area contributed by atoms with E-state index in [1.807, 2.05) is 19.1 Å². The van der Waals surface area contributed by atoms with Crippen LogP contribution < -0.4 is 10.6 Å². The van der Waals surface area contributed by atoms with Crippen molar-refractivity contribution in [1.82, 2.24) is 5.32 Å². The van der Waals surface area contributed by atoms with Gasteiger partial charge in [0, 0.05) is 12.2 Å². The van der Waals surface area contributed by atoms with Crippen molar-refractivity contribution in [3.63, 3.8) is 0 Å². The zero-order chi connectivity index (χ0) is 10.7. The van der Waals surface area contributed by atoms with Crippen LogP contribution in [-0.4, -0.2) is 30.3 Å². The maximum absolute atomic E-state index is 9.93. The molecule has 0 bridgehead atoms. The molecule has 0 saturated carbocycles. The number of aliphatic hydroxyl groups is 1. The van der Waals surface area contributed by atoms with Crippen LogP contribution in [0.15, 0.2) is 24.3 Å². The second kappa shape index (κ2) is 4.64. The van der Waals surface area contributed by atoms with Crippen molar-refractivity contribution in [2.24, 2.45) is 0 Å². The molecule has 15 heavy (non-hydrogen) atoms. The molecule has 0 amide bonds. The highest BCUT2D eigenvalue weighted by molar-refractivity contribution is 5.56. The maximum Gasteiger partial charge on any atom is 0.0868 e. The van der Waals surface area contributed by atoms with E-state index in [9.17, 15) is 5.11 Å². The summed E-state index contributed by atoms with van der Waals surface area (Å²) in [5.74, 6) is 0. The van der Waals surface area contributed by atoms with Crippen LogP contribution in [0.1, 0.15) is 12.5 Å². The van der Waals surface area contributed by atoms with Gasteiger partial charge in [0.1, 0.15) is 0 Å². The van der Waals surface area contributed by atoms with Gasteiger partial charge in [0.15, 0.2) is 0 Å². The smallest absolute Gasteiger partial charge is 0.0868 e. The maximum atomic E-state index is 9.93. The molecule has 1 aromatic rings. The van der Waals surface area contributed by atoms with Crippen LogP contribution >= 0.6 is 0 Å². The van der Waals surface area contributed by atoms with Crippen LogP contribution in [0.2, 0.25) is 0 Å². The number of hydrogen-bond acceptors (Lipinski definition) is 3. The lowest BCUT2D eigenvalue weighted by molar-refractivity contribution is 0.152. The predicted molar refractivity (Wildman–Crippen MR) is 62.1 cm³/mol. The van der Waals surface area contributed by atoms with Gasteiger partial charge in [0.05, 0.1) is 12.1 Å². The van der Waals surface area contributed by atoms with E-state index in [2.05, 4.69) is 22.8 Å². The molecule has 1 aromatic carbocycles. The fourth-order valence-corrected chi connectivity index (χ4v) is 1.99. The van der Waals surface area contributed by atoms with E-state index >= 15 is 0 Å². The minimum Gasteiger partial charge on any atom is -0.390 e. The first-order valence-electron chi connectivity index (χ1n) is 5.54. The summed E-state index contributed by atoms with van der Waals surface area (Å²) in [5.41, 5.74) is 2.47. The van der Waals surface area contributed by atoms with Crippen LogP contribution in [0.4, 0.5) is 5.69 Å². The monoisotopic (exact) mass is 206 g/mol. The second-order valence-electron chi connectivity index (χ2n) is 3.99. The lowest BCUT2D eigenvalue weighted by atomic mass is 10.1. The third-order valence-electron chi connectivity index (χ3n) is 2.87. The quantitative estimate of drug-likeness (QED) is 0.688. The summed E-state index contributed by atoms with van der Waals surface area (Å²) in [7, 11) is 0. The van der Waals surface area contributed by atoms with Gasteiger partial charge in [0.25, 0.3) is 0 Å². The first-order chi connectivity index (χ1) is 7.31. The highest BCUT2D eigenvalue weighted by Crippen LogP contribution is 2.26. The Morgan fingerprint density at radius 2 is 2.33 bits per heavy atom. The molecule has 0 spiro atoms. The largest absolute Gasteiger partial charge is 0.390 e. The molecule has 2 unspecified atom stereocenters. The van der Waals surface area contributed by atoms with E-state index in [1.54, 1.807) is 0 Å². The number of likely N-dealkylation sites (N-methyl/N-ethyl adjacent to an activating group) is 1. The Kier molecular flexibility index (Phi) is 3.23. The van der Waals surface area contributed by atoms with Gasteiger partial charge in [-0.05, 0) is 24.6 Å². The van der Waals surface area contributed by atoms with Crippen LogP contribution in [0.5, 0.6) is 0 Å². The van der Waals surface area contributed by atoms with Gasteiger partial charge in [-0.15, -0.1) is 0 Å². The van der Waals surface area contributed by atoms with Gasteiger partial charge >= 0.3 is 0 Å². The second-order valence-corrected chi connectivity index (χ2v) is 3.99. The predicted octanol–water partition coefficient (Wildman–Crippen LogP) is 0.994. The molecule has 1 aliphatic heterocycles. The van der Waals surface area contributed by atoms with E-state index in [0.717, 1.165) is 18.7 Å². The van der Waals surface area contributed by atoms with Crippen molar-refractivity contribution in [2.75, 3.05) is 18.4 Å². The van der Waals surface area contributed by atoms with E-state index in [1.165, 1.54) is 5.56 Å². The third kappa shape index (κ3) is 2.30. The van der Waals surface area contributed by atoms with Crippen molar-refractivity contribution < 1.29 is 5.11 Å². The highest BCUT2D eigenvalue weighted by atomic mass is 16.3. The Balaban J connectivity index is 1.94. The fraction of sp³-hybridized carbons (Fsp3) is 0.500. The Morgan fingerprint density at radius 1 is 1.53 bits per heavy atom. The number of rotatable bonds is 4. The van der Waals surface area contributed by atoms with E-state index in [4.69, 9.17) is 0 Å². The van der Waals surface area contributed by atoms with Gasteiger partial charge in [-0.1, -0.05) is 25.1 Å². The van der Waals surface area contributed by atoms with Crippen molar-refractivity contribution in [3.8, 4) is 0 Å². The molecule has 0 saturated heterocycles. The molecule has 0 aliphatic carbocycles. The summed E-state index contributed by atoms with van der Waals surface area (Å²) in [6.07, 6.45) is 0.597. The Bertz CT molecular complexity index is 302. The van der Waals surface area contributed by atoms with Crippen molar-refractivity contribution in [1.29, 1.82) is 0 Å². The Labute approximate surface area is 90.5 Å². The summed E-state index contributed by atoms with van der Waals surface area (Å²) in [6, 6.07) is 8.39. The van der Waals surface area contributed by atoms with Crippen molar-refractivity contribution in [3.05, 3.63) is 29.8 Å². The number of anilines is 1. The molecule has 82 valence electrons.